The average molecular weight is 272 g/mol. The fourth-order valence-corrected chi connectivity index (χ4v) is 2.70. The SMILES string of the molecule is CCc1cc(C(O)Cc2cc(C)cc(C)c2)n(CC)n1. The molecule has 20 heavy (non-hydrogen) atoms. The van der Waals surface area contributed by atoms with Crippen LogP contribution in [0.3, 0.4) is 0 Å². The molecule has 2 rings (SSSR count). The minimum atomic E-state index is -0.496. The summed E-state index contributed by atoms with van der Waals surface area (Å²) in [6.45, 7) is 9.11. The van der Waals surface area contributed by atoms with Crippen molar-refractivity contribution in [3.63, 3.8) is 0 Å². The Labute approximate surface area is 121 Å². The van der Waals surface area contributed by atoms with E-state index in [-0.39, 0.29) is 0 Å². The minimum Gasteiger partial charge on any atom is -0.386 e. The molecule has 0 amide bonds. The summed E-state index contributed by atoms with van der Waals surface area (Å²) < 4.78 is 1.91. The van der Waals surface area contributed by atoms with Crippen LogP contribution in [0.4, 0.5) is 0 Å². The molecule has 0 saturated heterocycles. The first kappa shape index (κ1) is 14.8. The molecule has 3 nitrogen and oxygen atoms in total. The Balaban J connectivity index is 2.22. The van der Waals surface area contributed by atoms with Crippen molar-refractivity contribution in [1.82, 2.24) is 9.78 Å². The Morgan fingerprint density at radius 2 is 1.75 bits per heavy atom. The second-order valence-corrected chi connectivity index (χ2v) is 5.45. The molecule has 0 aliphatic heterocycles. The van der Waals surface area contributed by atoms with Crippen LogP contribution >= 0.6 is 0 Å². The van der Waals surface area contributed by atoms with Gasteiger partial charge in [-0.3, -0.25) is 4.68 Å². The largest absolute Gasteiger partial charge is 0.386 e. The van der Waals surface area contributed by atoms with E-state index in [4.69, 9.17) is 0 Å². The summed E-state index contributed by atoms with van der Waals surface area (Å²) in [5.74, 6) is 0. The summed E-state index contributed by atoms with van der Waals surface area (Å²) in [5, 5.41) is 15.0. The molecule has 0 bridgehead atoms. The third kappa shape index (κ3) is 3.28. The topological polar surface area (TPSA) is 38.0 Å². The maximum absolute atomic E-state index is 10.5. The predicted molar refractivity (Wildman–Crippen MR) is 81.9 cm³/mol. The first-order valence-corrected chi connectivity index (χ1v) is 7.35. The molecule has 2 aromatic rings. The molecule has 3 heteroatoms. The van der Waals surface area contributed by atoms with Gasteiger partial charge in [0.25, 0.3) is 0 Å². The molecule has 1 heterocycles. The van der Waals surface area contributed by atoms with Gasteiger partial charge in [0.15, 0.2) is 0 Å². The van der Waals surface area contributed by atoms with Crippen LogP contribution in [0.25, 0.3) is 0 Å². The lowest BCUT2D eigenvalue weighted by Crippen LogP contribution is -2.10. The molecular weight excluding hydrogens is 248 g/mol. The Morgan fingerprint density at radius 3 is 2.30 bits per heavy atom. The Hall–Kier alpha value is -1.61. The molecule has 1 N–H and O–H groups in total. The number of benzene rings is 1. The number of hydrogen-bond donors (Lipinski definition) is 1. The number of aliphatic hydroxyl groups excluding tert-OH is 1. The van der Waals surface area contributed by atoms with E-state index in [1.54, 1.807) is 0 Å². The van der Waals surface area contributed by atoms with E-state index < -0.39 is 6.10 Å². The van der Waals surface area contributed by atoms with Gasteiger partial charge in [0.1, 0.15) is 0 Å². The highest BCUT2D eigenvalue weighted by Gasteiger charge is 2.15. The average Bonchev–Trinajstić information content (AvgIpc) is 2.80. The van der Waals surface area contributed by atoms with E-state index in [1.807, 2.05) is 10.7 Å². The minimum absolute atomic E-state index is 0.496. The number of rotatable bonds is 5. The van der Waals surface area contributed by atoms with Gasteiger partial charge in [-0.25, -0.2) is 0 Å². The zero-order valence-electron chi connectivity index (χ0n) is 12.8. The normalized spacial score (nSPS) is 12.7. The summed E-state index contributed by atoms with van der Waals surface area (Å²) >= 11 is 0. The lowest BCUT2D eigenvalue weighted by Gasteiger charge is -2.13. The third-order valence-corrected chi connectivity index (χ3v) is 3.58. The highest BCUT2D eigenvalue weighted by atomic mass is 16.3. The van der Waals surface area contributed by atoms with Gasteiger partial charge < -0.3 is 5.11 Å². The van der Waals surface area contributed by atoms with E-state index in [0.29, 0.717) is 6.42 Å². The fraction of sp³-hybridized carbons (Fsp3) is 0.471. The molecule has 1 unspecified atom stereocenters. The first-order chi connectivity index (χ1) is 9.53. The predicted octanol–water partition coefficient (Wildman–Crippen LogP) is 3.36. The van der Waals surface area contributed by atoms with E-state index in [1.165, 1.54) is 16.7 Å². The lowest BCUT2D eigenvalue weighted by atomic mass is 10.0. The molecule has 1 aromatic carbocycles. The van der Waals surface area contributed by atoms with Crippen molar-refractivity contribution in [2.45, 2.75) is 53.2 Å². The molecule has 108 valence electrons. The smallest absolute Gasteiger partial charge is 0.0996 e. The molecule has 0 aliphatic carbocycles. The summed E-state index contributed by atoms with van der Waals surface area (Å²) in [4.78, 5) is 0. The molecule has 0 fully saturated rings. The molecular formula is C17H24N2O. The second-order valence-electron chi connectivity index (χ2n) is 5.45. The van der Waals surface area contributed by atoms with Crippen LogP contribution in [0.15, 0.2) is 24.3 Å². The van der Waals surface area contributed by atoms with Crippen molar-refractivity contribution in [3.05, 3.63) is 52.3 Å². The van der Waals surface area contributed by atoms with Crippen molar-refractivity contribution < 1.29 is 5.11 Å². The van der Waals surface area contributed by atoms with Crippen LogP contribution in [-0.4, -0.2) is 14.9 Å². The maximum Gasteiger partial charge on any atom is 0.0996 e. The van der Waals surface area contributed by atoms with Gasteiger partial charge in [0.05, 0.1) is 17.5 Å². The lowest BCUT2D eigenvalue weighted by molar-refractivity contribution is 0.167. The van der Waals surface area contributed by atoms with Crippen LogP contribution in [0.2, 0.25) is 0 Å². The van der Waals surface area contributed by atoms with Gasteiger partial charge in [0.2, 0.25) is 0 Å². The summed E-state index contributed by atoms with van der Waals surface area (Å²) in [5.41, 5.74) is 5.62. The molecule has 1 aromatic heterocycles. The third-order valence-electron chi connectivity index (χ3n) is 3.58. The number of aryl methyl sites for hydroxylation is 4. The number of aliphatic hydroxyl groups is 1. The van der Waals surface area contributed by atoms with Crippen LogP contribution in [0, 0.1) is 13.8 Å². The molecule has 0 saturated carbocycles. The van der Waals surface area contributed by atoms with Crippen molar-refractivity contribution in [2.75, 3.05) is 0 Å². The quantitative estimate of drug-likeness (QED) is 0.906. The number of hydrogen-bond acceptors (Lipinski definition) is 2. The van der Waals surface area contributed by atoms with E-state index >= 15 is 0 Å². The molecule has 1 atom stereocenters. The van der Waals surface area contributed by atoms with E-state index in [9.17, 15) is 5.11 Å². The Morgan fingerprint density at radius 1 is 1.10 bits per heavy atom. The van der Waals surface area contributed by atoms with Crippen LogP contribution < -0.4 is 0 Å². The van der Waals surface area contributed by atoms with Crippen molar-refractivity contribution in [1.29, 1.82) is 0 Å². The zero-order valence-corrected chi connectivity index (χ0v) is 12.8. The second kappa shape index (κ2) is 6.23. The van der Waals surface area contributed by atoms with E-state index in [2.05, 4.69) is 51.0 Å². The number of aromatic nitrogens is 2. The van der Waals surface area contributed by atoms with Gasteiger partial charge >= 0.3 is 0 Å². The molecule has 0 aliphatic rings. The van der Waals surface area contributed by atoms with Gasteiger partial charge in [-0.1, -0.05) is 36.2 Å². The van der Waals surface area contributed by atoms with Gasteiger partial charge in [-0.2, -0.15) is 5.10 Å². The van der Waals surface area contributed by atoms with Crippen molar-refractivity contribution in [2.24, 2.45) is 0 Å². The van der Waals surface area contributed by atoms with Gasteiger partial charge in [0, 0.05) is 13.0 Å². The Bertz CT molecular complexity index is 566. The van der Waals surface area contributed by atoms with Crippen LogP contribution in [0.1, 0.15) is 48.0 Å². The molecule has 0 spiro atoms. The van der Waals surface area contributed by atoms with Gasteiger partial charge in [-0.15, -0.1) is 0 Å². The summed E-state index contributed by atoms with van der Waals surface area (Å²) in [6.07, 6.45) is 1.04. The van der Waals surface area contributed by atoms with Crippen molar-refractivity contribution in [3.8, 4) is 0 Å². The molecule has 0 radical (unpaired) electrons. The van der Waals surface area contributed by atoms with Crippen molar-refractivity contribution >= 4 is 0 Å². The summed E-state index contributed by atoms with van der Waals surface area (Å²) in [7, 11) is 0. The number of nitrogens with zero attached hydrogens (tertiary/aromatic N) is 2. The first-order valence-electron chi connectivity index (χ1n) is 7.35. The Kier molecular flexibility index (Phi) is 4.61. The van der Waals surface area contributed by atoms with Crippen LogP contribution in [-0.2, 0) is 19.4 Å². The zero-order chi connectivity index (χ0) is 14.7. The highest BCUT2D eigenvalue weighted by Crippen LogP contribution is 2.21. The van der Waals surface area contributed by atoms with Crippen LogP contribution in [0.5, 0.6) is 0 Å². The highest BCUT2D eigenvalue weighted by molar-refractivity contribution is 5.29. The summed E-state index contributed by atoms with van der Waals surface area (Å²) in [6, 6.07) is 8.46. The fourth-order valence-electron chi connectivity index (χ4n) is 2.70. The monoisotopic (exact) mass is 272 g/mol. The standard InChI is InChI=1S/C17H24N2O/c1-5-15-11-16(19(6-2)18-15)17(20)10-14-8-12(3)7-13(4)9-14/h7-9,11,17,20H,5-6,10H2,1-4H3. The van der Waals surface area contributed by atoms with Gasteiger partial charge in [-0.05, 0) is 38.8 Å². The maximum atomic E-state index is 10.5. The van der Waals surface area contributed by atoms with E-state index in [0.717, 1.165) is 24.4 Å².